The van der Waals surface area contributed by atoms with Crippen LogP contribution in [0.2, 0.25) is 5.02 Å². The van der Waals surface area contributed by atoms with E-state index in [0.29, 0.717) is 27.6 Å². The number of aromatic nitrogens is 2. The molecule has 0 unspecified atom stereocenters. The Labute approximate surface area is 136 Å². The molecule has 2 aromatic carbocycles. The Kier molecular flexibility index (Phi) is 3.24. The molecule has 4 aromatic rings. The van der Waals surface area contributed by atoms with Crippen LogP contribution in [-0.4, -0.2) is 9.97 Å². The second kappa shape index (κ2) is 5.41. The third-order valence-corrected chi connectivity index (χ3v) is 3.84. The van der Waals surface area contributed by atoms with E-state index in [0.717, 1.165) is 10.8 Å². The van der Waals surface area contributed by atoms with Crippen LogP contribution in [0.5, 0.6) is 11.5 Å². The quantitative estimate of drug-likeness (QED) is 0.552. The molecule has 0 aliphatic rings. The first-order chi connectivity index (χ1) is 11.2. The Hall–Kier alpha value is -2.85. The van der Waals surface area contributed by atoms with Crippen LogP contribution in [0.15, 0.2) is 65.6 Å². The van der Waals surface area contributed by atoms with Crippen LogP contribution in [0.25, 0.3) is 21.8 Å². The van der Waals surface area contributed by atoms with E-state index in [9.17, 15) is 4.79 Å². The van der Waals surface area contributed by atoms with E-state index < -0.39 is 0 Å². The molecule has 0 fully saturated rings. The highest BCUT2D eigenvalue weighted by Crippen LogP contribution is 2.32. The van der Waals surface area contributed by atoms with Gasteiger partial charge in [0.15, 0.2) is 0 Å². The average molecular weight is 323 g/mol. The standard InChI is InChI=1S/C18H11ClN2O2/c19-11-4-3-5-12(10-11)23-15-8-9-20-17-16(15)13-6-1-2-7-14(13)18(22)21-17/h1-10H,(H,20,21,22). The summed E-state index contributed by atoms with van der Waals surface area (Å²) in [6, 6.07) is 16.3. The van der Waals surface area contributed by atoms with Crippen molar-refractivity contribution in [1.29, 1.82) is 0 Å². The lowest BCUT2D eigenvalue weighted by Gasteiger charge is -2.10. The number of benzene rings is 2. The van der Waals surface area contributed by atoms with Gasteiger partial charge < -0.3 is 9.72 Å². The number of fused-ring (bicyclic) bond motifs is 3. The lowest BCUT2D eigenvalue weighted by Crippen LogP contribution is -2.07. The van der Waals surface area contributed by atoms with Crippen LogP contribution in [0.3, 0.4) is 0 Å². The molecule has 2 aromatic heterocycles. The maximum absolute atomic E-state index is 12.2. The number of pyridine rings is 2. The maximum Gasteiger partial charge on any atom is 0.257 e. The molecule has 0 bridgehead atoms. The summed E-state index contributed by atoms with van der Waals surface area (Å²) in [6.07, 6.45) is 1.60. The smallest absolute Gasteiger partial charge is 0.257 e. The van der Waals surface area contributed by atoms with Crippen LogP contribution in [0.4, 0.5) is 0 Å². The normalized spacial score (nSPS) is 11.0. The summed E-state index contributed by atoms with van der Waals surface area (Å²) in [6.45, 7) is 0. The van der Waals surface area contributed by atoms with Gasteiger partial charge in [0.05, 0.1) is 5.39 Å². The molecule has 4 nitrogen and oxygen atoms in total. The molecule has 0 atom stereocenters. The van der Waals surface area contributed by atoms with Gasteiger partial charge in [-0.2, -0.15) is 0 Å². The van der Waals surface area contributed by atoms with Gasteiger partial charge in [0, 0.05) is 22.0 Å². The largest absolute Gasteiger partial charge is 0.456 e. The predicted molar refractivity (Wildman–Crippen MR) is 91.4 cm³/mol. The number of hydrogen-bond acceptors (Lipinski definition) is 3. The lowest BCUT2D eigenvalue weighted by molar-refractivity contribution is 0.488. The molecule has 4 rings (SSSR count). The average Bonchev–Trinajstić information content (AvgIpc) is 2.55. The topological polar surface area (TPSA) is 55.0 Å². The van der Waals surface area contributed by atoms with Crippen LogP contribution in [-0.2, 0) is 0 Å². The number of H-pyrrole nitrogens is 1. The van der Waals surface area contributed by atoms with Crippen LogP contribution >= 0.6 is 11.6 Å². The lowest BCUT2D eigenvalue weighted by atomic mass is 10.1. The minimum absolute atomic E-state index is 0.166. The van der Waals surface area contributed by atoms with Gasteiger partial charge in [0.25, 0.3) is 5.56 Å². The Morgan fingerprint density at radius 1 is 1.00 bits per heavy atom. The SMILES string of the molecule is O=c1[nH]c2nccc(Oc3cccc(Cl)c3)c2c2ccccc12. The number of rotatable bonds is 2. The van der Waals surface area contributed by atoms with Gasteiger partial charge in [0.1, 0.15) is 17.1 Å². The zero-order chi connectivity index (χ0) is 15.8. The number of halogens is 1. The Balaban J connectivity index is 2.00. The molecule has 0 aliphatic carbocycles. The molecule has 1 N–H and O–H groups in total. The molecule has 0 aliphatic heterocycles. The zero-order valence-electron chi connectivity index (χ0n) is 11.9. The molecule has 5 heteroatoms. The molecule has 2 heterocycles. The molecule has 23 heavy (non-hydrogen) atoms. The van der Waals surface area contributed by atoms with E-state index in [4.69, 9.17) is 16.3 Å². The van der Waals surface area contributed by atoms with E-state index in [1.54, 1.807) is 30.5 Å². The number of nitrogens with one attached hydrogen (secondary N) is 1. The molecule has 0 saturated carbocycles. The summed E-state index contributed by atoms with van der Waals surface area (Å²) in [5.41, 5.74) is 0.328. The fourth-order valence-corrected chi connectivity index (χ4v) is 2.80. The van der Waals surface area contributed by atoms with Crippen molar-refractivity contribution < 1.29 is 4.74 Å². The van der Waals surface area contributed by atoms with Crippen molar-refractivity contribution in [2.24, 2.45) is 0 Å². The van der Waals surface area contributed by atoms with Gasteiger partial charge >= 0.3 is 0 Å². The van der Waals surface area contributed by atoms with Crippen LogP contribution < -0.4 is 10.3 Å². The highest BCUT2D eigenvalue weighted by Gasteiger charge is 2.11. The monoisotopic (exact) mass is 322 g/mol. The fourth-order valence-electron chi connectivity index (χ4n) is 2.62. The van der Waals surface area contributed by atoms with Crippen molar-refractivity contribution in [3.05, 3.63) is 76.2 Å². The molecule has 0 spiro atoms. The van der Waals surface area contributed by atoms with Crippen molar-refractivity contribution in [1.82, 2.24) is 9.97 Å². The summed E-state index contributed by atoms with van der Waals surface area (Å²) >= 11 is 6.01. The first-order valence-corrected chi connectivity index (χ1v) is 7.43. The molecular weight excluding hydrogens is 312 g/mol. The number of nitrogens with zero attached hydrogens (tertiary/aromatic N) is 1. The Bertz CT molecular complexity index is 1090. The van der Waals surface area contributed by atoms with Crippen LogP contribution in [0, 0.1) is 0 Å². The van der Waals surface area contributed by atoms with E-state index in [1.165, 1.54) is 0 Å². The maximum atomic E-state index is 12.2. The zero-order valence-corrected chi connectivity index (χ0v) is 12.7. The van der Waals surface area contributed by atoms with Gasteiger partial charge in [-0.15, -0.1) is 0 Å². The van der Waals surface area contributed by atoms with Crippen molar-refractivity contribution in [3.63, 3.8) is 0 Å². The summed E-state index contributed by atoms with van der Waals surface area (Å²) in [5, 5.41) is 2.77. The minimum atomic E-state index is -0.166. The third-order valence-electron chi connectivity index (χ3n) is 3.61. The van der Waals surface area contributed by atoms with Crippen molar-refractivity contribution >= 4 is 33.4 Å². The fraction of sp³-hybridized carbons (Fsp3) is 0. The first-order valence-electron chi connectivity index (χ1n) is 7.05. The van der Waals surface area contributed by atoms with Crippen molar-refractivity contribution in [2.45, 2.75) is 0 Å². The van der Waals surface area contributed by atoms with E-state index >= 15 is 0 Å². The molecule has 112 valence electrons. The Morgan fingerprint density at radius 3 is 2.65 bits per heavy atom. The van der Waals surface area contributed by atoms with E-state index in [-0.39, 0.29) is 5.56 Å². The van der Waals surface area contributed by atoms with Crippen molar-refractivity contribution in [2.75, 3.05) is 0 Å². The summed E-state index contributed by atoms with van der Waals surface area (Å²) in [7, 11) is 0. The highest BCUT2D eigenvalue weighted by molar-refractivity contribution is 6.30. The first kappa shape index (κ1) is 13.8. The molecule has 0 saturated heterocycles. The van der Waals surface area contributed by atoms with Gasteiger partial charge in [-0.25, -0.2) is 4.98 Å². The second-order valence-electron chi connectivity index (χ2n) is 5.09. The number of ether oxygens (including phenoxy) is 1. The number of aromatic amines is 1. The van der Waals surface area contributed by atoms with E-state index in [1.807, 2.05) is 30.3 Å². The highest BCUT2D eigenvalue weighted by atomic mass is 35.5. The summed E-state index contributed by atoms with van der Waals surface area (Å²) in [4.78, 5) is 19.2. The molecular formula is C18H11ClN2O2. The van der Waals surface area contributed by atoms with Crippen LogP contribution in [0.1, 0.15) is 0 Å². The summed E-state index contributed by atoms with van der Waals surface area (Å²) in [5.74, 6) is 1.24. The minimum Gasteiger partial charge on any atom is -0.456 e. The number of hydrogen-bond donors (Lipinski definition) is 1. The van der Waals surface area contributed by atoms with Gasteiger partial charge in [-0.05, 0) is 30.3 Å². The van der Waals surface area contributed by atoms with Gasteiger partial charge in [-0.1, -0.05) is 35.9 Å². The van der Waals surface area contributed by atoms with Gasteiger partial charge in [0.2, 0.25) is 0 Å². The third kappa shape index (κ3) is 2.43. The van der Waals surface area contributed by atoms with Crippen molar-refractivity contribution in [3.8, 4) is 11.5 Å². The van der Waals surface area contributed by atoms with Gasteiger partial charge in [-0.3, -0.25) is 4.79 Å². The molecule has 0 radical (unpaired) electrons. The second-order valence-corrected chi connectivity index (χ2v) is 5.53. The molecule has 0 amide bonds. The Morgan fingerprint density at radius 2 is 1.83 bits per heavy atom. The van der Waals surface area contributed by atoms with E-state index in [2.05, 4.69) is 9.97 Å². The predicted octanol–water partition coefficient (Wildman–Crippen LogP) is 4.52. The summed E-state index contributed by atoms with van der Waals surface area (Å²) < 4.78 is 5.97.